The van der Waals surface area contributed by atoms with E-state index in [1.54, 1.807) is 0 Å². The van der Waals surface area contributed by atoms with E-state index in [4.69, 9.17) is 17.3 Å². The number of unbranched alkanes of at least 4 members (excludes halogenated alkanes) is 1. The van der Waals surface area contributed by atoms with Crippen LogP contribution in [-0.4, -0.2) is 28.5 Å². The third kappa shape index (κ3) is 6.30. The van der Waals surface area contributed by atoms with Crippen molar-refractivity contribution in [3.8, 4) is 0 Å². The lowest BCUT2D eigenvalue weighted by Gasteiger charge is -2.35. The van der Waals surface area contributed by atoms with Crippen molar-refractivity contribution in [2.75, 3.05) is 23.7 Å². The van der Waals surface area contributed by atoms with Crippen molar-refractivity contribution in [1.29, 1.82) is 0 Å². The number of halogens is 1. The number of carbonyl (C=O) groups is 1. The number of benzene rings is 1. The molecule has 1 amide bonds. The van der Waals surface area contributed by atoms with Crippen molar-refractivity contribution in [2.45, 2.75) is 72.4 Å². The number of rotatable bonds is 12. The number of nitrogen functional groups attached to an aromatic ring is 1. The molecule has 2 aromatic rings. The second-order valence-electron chi connectivity index (χ2n) is 9.05. The number of aromatic nitrogens is 2. The summed E-state index contributed by atoms with van der Waals surface area (Å²) in [6.07, 6.45) is 3.04. The predicted molar refractivity (Wildman–Crippen MR) is 140 cm³/mol. The molecule has 0 radical (unpaired) electrons. The first-order chi connectivity index (χ1) is 16.1. The number of hydrogen-bond donors (Lipinski definition) is 3. The highest BCUT2D eigenvalue weighted by molar-refractivity contribution is 6.30. The van der Waals surface area contributed by atoms with Crippen LogP contribution < -0.4 is 27.2 Å². The molecule has 0 spiro atoms. The highest BCUT2D eigenvalue weighted by Crippen LogP contribution is 2.30. The van der Waals surface area contributed by atoms with Gasteiger partial charge in [-0.25, -0.2) is 4.79 Å². The van der Waals surface area contributed by atoms with Gasteiger partial charge in [0, 0.05) is 23.7 Å². The molecular weight excluding hydrogens is 454 g/mol. The summed E-state index contributed by atoms with van der Waals surface area (Å²) in [5.74, 6) is -0.128. The second kappa shape index (κ2) is 12.2. The maximum atomic E-state index is 13.5. The Bertz CT molecular complexity index is 1070. The quantitative estimate of drug-likeness (QED) is 0.417. The number of amides is 1. The summed E-state index contributed by atoms with van der Waals surface area (Å²) < 4.78 is 1.33. The van der Waals surface area contributed by atoms with Gasteiger partial charge >= 0.3 is 5.69 Å². The zero-order chi connectivity index (χ0) is 25.5. The van der Waals surface area contributed by atoms with Crippen molar-refractivity contribution >= 4 is 29.0 Å². The summed E-state index contributed by atoms with van der Waals surface area (Å²) in [4.78, 5) is 42.4. The first kappa shape index (κ1) is 27.7. The van der Waals surface area contributed by atoms with Crippen molar-refractivity contribution < 1.29 is 4.79 Å². The molecule has 0 fully saturated rings. The van der Waals surface area contributed by atoms with Crippen LogP contribution in [0.1, 0.15) is 65.9 Å². The van der Waals surface area contributed by atoms with Gasteiger partial charge in [-0.2, -0.15) is 0 Å². The van der Waals surface area contributed by atoms with Crippen LogP contribution in [0.15, 0.2) is 33.9 Å². The number of H-pyrrole nitrogens is 1. The highest BCUT2D eigenvalue weighted by Gasteiger charge is 2.31. The number of carbonyl (C=O) groups excluding carboxylic acids is 1. The van der Waals surface area contributed by atoms with Gasteiger partial charge in [0.2, 0.25) is 5.91 Å². The van der Waals surface area contributed by atoms with Crippen molar-refractivity contribution in [1.82, 2.24) is 14.9 Å². The van der Waals surface area contributed by atoms with Gasteiger partial charge in [0.25, 0.3) is 5.56 Å². The standard InChI is InChI=1S/C25H38ClN5O3/c1-6-9-14-30(21-22(27)31(16-17(4)5)24(34)29-23(21)33)20(32)15-28-25(7-2,8-3)18-10-12-19(26)13-11-18/h10-13,17,28H,6-9,14-16,27H2,1-5H3,(H,29,33,34). The summed E-state index contributed by atoms with van der Waals surface area (Å²) in [6, 6.07) is 7.61. The first-order valence-corrected chi connectivity index (χ1v) is 12.4. The predicted octanol–water partition coefficient (Wildman–Crippen LogP) is 3.87. The van der Waals surface area contributed by atoms with E-state index in [0.29, 0.717) is 24.5 Å². The third-order valence-electron chi connectivity index (χ3n) is 6.25. The number of aromatic amines is 1. The number of hydrogen-bond acceptors (Lipinski definition) is 5. The van der Waals surface area contributed by atoms with Gasteiger partial charge in [0.1, 0.15) is 5.82 Å². The molecule has 1 aromatic carbocycles. The van der Waals surface area contributed by atoms with Gasteiger partial charge in [-0.15, -0.1) is 0 Å². The van der Waals surface area contributed by atoms with Gasteiger partial charge in [-0.05, 0) is 42.9 Å². The molecule has 4 N–H and O–H groups in total. The molecule has 0 aliphatic heterocycles. The summed E-state index contributed by atoms with van der Waals surface area (Å²) in [5.41, 5.74) is 5.73. The smallest absolute Gasteiger partial charge is 0.330 e. The van der Waals surface area contributed by atoms with Crippen LogP contribution in [-0.2, 0) is 16.9 Å². The van der Waals surface area contributed by atoms with E-state index in [1.165, 1.54) is 9.47 Å². The molecular formula is C25H38ClN5O3. The fraction of sp³-hybridized carbons (Fsp3) is 0.560. The van der Waals surface area contributed by atoms with Crippen LogP contribution in [0, 0.1) is 5.92 Å². The van der Waals surface area contributed by atoms with Crippen LogP contribution in [0.4, 0.5) is 11.5 Å². The Hall–Kier alpha value is -2.58. The molecule has 188 valence electrons. The van der Waals surface area contributed by atoms with Gasteiger partial charge in [0.15, 0.2) is 5.69 Å². The Kier molecular flexibility index (Phi) is 9.94. The van der Waals surface area contributed by atoms with Gasteiger partial charge in [0.05, 0.1) is 6.54 Å². The van der Waals surface area contributed by atoms with E-state index in [9.17, 15) is 14.4 Å². The van der Waals surface area contributed by atoms with Gasteiger partial charge in [-0.3, -0.25) is 24.5 Å². The Morgan fingerprint density at radius 3 is 2.32 bits per heavy atom. The lowest BCUT2D eigenvalue weighted by atomic mass is 9.84. The molecule has 0 unspecified atom stereocenters. The van der Waals surface area contributed by atoms with Crippen LogP contribution >= 0.6 is 11.6 Å². The second-order valence-corrected chi connectivity index (χ2v) is 9.48. The van der Waals surface area contributed by atoms with Crippen molar-refractivity contribution in [3.63, 3.8) is 0 Å². The zero-order valence-electron chi connectivity index (χ0n) is 20.9. The van der Waals surface area contributed by atoms with E-state index in [2.05, 4.69) is 24.1 Å². The number of anilines is 2. The number of nitrogens with zero attached hydrogens (tertiary/aromatic N) is 2. The van der Waals surface area contributed by atoms with E-state index >= 15 is 0 Å². The Labute approximate surface area is 206 Å². The molecule has 0 aliphatic carbocycles. The SMILES string of the molecule is CCCCN(C(=O)CNC(CC)(CC)c1ccc(Cl)cc1)c1c(N)n(CC(C)C)c(=O)[nH]c1=O. The molecule has 34 heavy (non-hydrogen) atoms. The van der Waals surface area contributed by atoms with Crippen molar-refractivity contribution in [3.05, 3.63) is 55.7 Å². The topological polar surface area (TPSA) is 113 Å². The summed E-state index contributed by atoms with van der Waals surface area (Å²) in [5, 5.41) is 4.09. The van der Waals surface area contributed by atoms with Gasteiger partial charge in [-0.1, -0.05) is 64.8 Å². The molecule has 0 saturated heterocycles. The number of nitrogens with one attached hydrogen (secondary N) is 2. The molecule has 1 heterocycles. The molecule has 0 saturated carbocycles. The van der Waals surface area contributed by atoms with Crippen LogP contribution in [0.5, 0.6) is 0 Å². The Morgan fingerprint density at radius 1 is 1.18 bits per heavy atom. The fourth-order valence-corrected chi connectivity index (χ4v) is 4.31. The molecule has 8 nitrogen and oxygen atoms in total. The minimum Gasteiger partial charge on any atom is -0.383 e. The zero-order valence-corrected chi connectivity index (χ0v) is 21.7. The average Bonchev–Trinajstić information content (AvgIpc) is 2.80. The van der Waals surface area contributed by atoms with E-state index < -0.39 is 16.8 Å². The monoisotopic (exact) mass is 491 g/mol. The highest BCUT2D eigenvalue weighted by atomic mass is 35.5. The van der Waals surface area contributed by atoms with Crippen molar-refractivity contribution in [2.24, 2.45) is 5.92 Å². The van der Waals surface area contributed by atoms with Gasteiger partial charge < -0.3 is 10.6 Å². The minimum absolute atomic E-state index is 0.0101. The van der Waals surface area contributed by atoms with E-state index in [0.717, 1.165) is 24.8 Å². The summed E-state index contributed by atoms with van der Waals surface area (Å²) in [7, 11) is 0. The normalized spacial score (nSPS) is 11.7. The lowest BCUT2D eigenvalue weighted by molar-refractivity contribution is -0.118. The van der Waals surface area contributed by atoms with Crippen LogP contribution in [0.25, 0.3) is 0 Å². The molecule has 0 bridgehead atoms. The minimum atomic E-state index is -0.651. The molecule has 0 aliphatic rings. The summed E-state index contributed by atoms with van der Waals surface area (Å²) >= 11 is 6.07. The fourth-order valence-electron chi connectivity index (χ4n) is 4.18. The largest absolute Gasteiger partial charge is 0.383 e. The molecule has 0 atom stereocenters. The molecule has 9 heteroatoms. The first-order valence-electron chi connectivity index (χ1n) is 12.0. The van der Waals surface area contributed by atoms with E-state index in [-0.39, 0.29) is 29.9 Å². The third-order valence-corrected chi connectivity index (χ3v) is 6.50. The molecule has 2 rings (SSSR count). The maximum absolute atomic E-state index is 13.5. The number of nitrogens with two attached hydrogens (primary N) is 1. The van der Waals surface area contributed by atoms with Crippen LogP contribution in [0.2, 0.25) is 5.02 Å². The van der Waals surface area contributed by atoms with Crippen LogP contribution in [0.3, 0.4) is 0 Å². The maximum Gasteiger partial charge on any atom is 0.330 e. The Morgan fingerprint density at radius 2 is 1.79 bits per heavy atom. The lowest BCUT2D eigenvalue weighted by Crippen LogP contribution is -2.49. The average molecular weight is 492 g/mol. The summed E-state index contributed by atoms with van der Waals surface area (Å²) in [6.45, 7) is 10.7. The van der Waals surface area contributed by atoms with E-state index in [1.807, 2.05) is 45.0 Å². The Balaban J connectivity index is 2.42. The molecule has 1 aromatic heterocycles.